The van der Waals surface area contributed by atoms with Crippen LogP contribution in [0, 0.1) is 5.82 Å². The van der Waals surface area contributed by atoms with E-state index in [2.05, 4.69) is 37.2 Å². The molecule has 2 aromatic rings. The summed E-state index contributed by atoms with van der Waals surface area (Å²) in [5.74, 6) is -2.62. The molecule has 0 radical (unpaired) electrons. The van der Waals surface area contributed by atoms with Crippen LogP contribution in [0.5, 0.6) is 0 Å². The predicted octanol–water partition coefficient (Wildman–Crippen LogP) is 4.30. The van der Waals surface area contributed by atoms with Crippen molar-refractivity contribution in [1.82, 2.24) is 0 Å². The highest BCUT2D eigenvalue weighted by Gasteiger charge is 2.18. The number of amides is 1. The topological polar surface area (TPSA) is 66.4 Å². The fourth-order valence-corrected chi connectivity index (χ4v) is 2.48. The SMILES string of the molecule is O=C(Nc1c(Br)cccc1C(=O)O)c1ccc(Br)cc1F. The van der Waals surface area contributed by atoms with Crippen molar-refractivity contribution in [3.8, 4) is 0 Å². The normalized spacial score (nSPS) is 10.2. The van der Waals surface area contributed by atoms with Crippen LogP contribution >= 0.6 is 31.9 Å². The smallest absolute Gasteiger partial charge is 0.337 e. The summed E-state index contributed by atoms with van der Waals surface area (Å²) in [6.45, 7) is 0. The number of carbonyl (C=O) groups excluding carboxylic acids is 1. The maximum absolute atomic E-state index is 13.7. The lowest BCUT2D eigenvalue weighted by atomic mass is 10.1. The molecule has 0 saturated carbocycles. The van der Waals surface area contributed by atoms with Crippen molar-refractivity contribution in [2.75, 3.05) is 5.32 Å². The summed E-state index contributed by atoms with van der Waals surface area (Å²) in [6.07, 6.45) is 0. The second-order valence-electron chi connectivity index (χ2n) is 4.05. The molecule has 0 spiro atoms. The van der Waals surface area contributed by atoms with Crippen LogP contribution in [0.2, 0.25) is 0 Å². The average molecular weight is 417 g/mol. The molecule has 0 atom stereocenters. The molecule has 0 saturated heterocycles. The van der Waals surface area contributed by atoms with Crippen LogP contribution in [-0.2, 0) is 0 Å². The monoisotopic (exact) mass is 415 g/mol. The van der Waals surface area contributed by atoms with Crippen molar-refractivity contribution in [2.24, 2.45) is 0 Å². The van der Waals surface area contributed by atoms with Crippen molar-refractivity contribution < 1.29 is 19.1 Å². The third-order valence-corrected chi connectivity index (χ3v) is 3.81. The summed E-state index contributed by atoms with van der Waals surface area (Å²) in [5.41, 5.74) is -0.183. The van der Waals surface area contributed by atoms with Crippen molar-refractivity contribution in [3.63, 3.8) is 0 Å². The number of carboxylic acid groups (broad SMARTS) is 1. The molecule has 108 valence electrons. The van der Waals surface area contributed by atoms with Crippen LogP contribution < -0.4 is 5.32 Å². The second-order valence-corrected chi connectivity index (χ2v) is 5.82. The quantitative estimate of drug-likeness (QED) is 0.783. The highest BCUT2D eigenvalue weighted by atomic mass is 79.9. The molecule has 21 heavy (non-hydrogen) atoms. The van der Waals surface area contributed by atoms with E-state index in [0.29, 0.717) is 8.95 Å². The van der Waals surface area contributed by atoms with Gasteiger partial charge in [-0.15, -0.1) is 0 Å². The van der Waals surface area contributed by atoms with Gasteiger partial charge in [0.25, 0.3) is 5.91 Å². The summed E-state index contributed by atoms with van der Waals surface area (Å²) >= 11 is 6.26. The molecule has 2 rings (SSSR count). The van der Waals surface area contributed by atoms with E-state index in [0.717, 1.165) is 6.07 Å². The third-order valence-electron chi connectivity index (χ3n) is 2.66. The number of nitrogens with one attached hydrogen (secondary N) is 1. The van der Waals surface area contributed by atoms with Crippen LogP contribution in [-0.4, -0.2) is 17.0 Å². The molecule has 0 unspecified atom stereocenters. The zero-order chi connectivity index (χ0) is 15.6. The van der Waals surface area contributed by atoms with Crippen molar-refractivity contribution in [1.29, 1.82) is 0 Å². The Bertz CT molecular complexity index is 734. The molecular formula is C14H8Br2FNO3. The number of anilines is 1. The number of hydrogen-bond donors (Lipinski definition) is 2. The van der Waals surface area contributed by atoms with E-state index in [1.165, 1.54) is 24.3 Å². The largest absolute Gasteiger partial charge is 0.478 e. The van der Waals surface area contributed by atoms with Gasteiger partial charge in [0.05, 0.1) is 16.8 Å². The summed E-state index contributed by atoms with van der Waals surface area (Å²) in [7, 11) is 0. The standard InChI is InChI=1S/C14H8Br2FNO3/c15-7-4-5-8(11(17)6-7)13(19)18-12-9(14(20)21)2-1-3-10(12)16/h1-6H,(H,18,19)(H,20,21). The number of para-hydroxylation sites is 1. The fraction of sp³-hybridized carbons (Fsp3) is 0. The zero-order valence-electron chi connectivity index (χ0n) is 10.4. The van der Waals surface area contributed by atoms with Gasteiger partial charge in [-0.25, -0.2) is 9.18 Å². The molecular weight excluding hydrogens is 409 g/mol. The number of benzene rings is 2. The minimum Gasteiger partial charge on any atom is -0.478 e. The van der Waals surface area contributed by atoms with E-state index < -0.39 is 17.7 Å². The Kier molecular flexibility index (Phi) is 4.74. The van der Waals surface area contributed by atoms with Crippen LogP contribution in [0.15, 0.2) is 45.3 Å². The lowest BCUT2D eigenvalue weighted by Gasteiger charge is -2.11. The Morgan fingerprint density at radius 3 is 2.43 bits per heavy atom. The van der Waals surface area contributed by atoms with Crippen molar-refractivity contribution in [2.45, 2.75) is 0 Å². The van der Waals surface area contributed by atoms with Gasteiger partial charge >= 0.3 is 5.97 Å². The number of rotatable bonds is 3. The molecule has 0 aliphatic rings. The summed E-state index contributed by atoms with van der Waals surface area (Å²) in [6, 6.07) is 8.46. The highest BCUT2D eigenvalue weighted by molar-refractivity contribution is 9.10. The van der Waals surface area contributed by atoms with Crippen LogP contribution in [0.3, 0.4) is 0 Å². The van der Waals surface area contributed by atoms with Crippen molar-refractivity contribution in [3.05, 3.63) is 62.3 Å². The van der Waals surface area contributed by atoms with Gasteiger partial charge in [-0.1, -0.05) is 22.0 Å². The van der Waals surface area contributed by atoms with Gasteiger partial charge in [-0.05, 0) is 46.3 Å². The average Bonchev–Trinajstić information content (AvgIpc) is 2.40. The second kappa shape index (κ2) is 6.36. The van der Waals surface area contributed by atoms with E-state index in [4.69, 9.17) is 5.11 Å². The Balaban J connectivity index is 2.38. The van der Waals surface area contributed by atoms with E-state index in [1.54, 1.807) is 6.07 Å². The summed E-state index contributed by atoms with van der Waals surface area (Å²) < 4.78 is 14.6. The van der Waals surface area contributed by atoms with Crippen LogP contribution in [0.4, 0.5) is 10.1 Å². The molecule has 0 aliphatic heterocycles. The Labute approximate surface area is 136 Å². The first-order chi connectivity index (χ1) is 9.90. The first-order valence-corrected chi connectivity index (χ1v) is 7.27. The van der Waals surface area contributed by atoms with E-state index in [1.807, 2.05) is 0 Å². The van der Waals surface area contributed by atoms with Crippen molar-refractivity contribution >= 4 is 49.4 Å². The minimum absolute atomic E-state index is 0.0809. The Hall–Kier alpha value is -1.73. The number of carbonyl (C=O) groups is 2. The zero-order valence-corrected chi connectivity index (χ0v) is 13.5. The maximum Gasteiger partial charge on any atom is 0.337 e. The molecule has 0 fully saturated rings. The molecule has 0 aromatic heterocycles. The molecule has 2 N–H and O–H groups in total. The number of halogens is 3. The summed E-state index contributed by atoms with van der Waals surface area (Å²) in [4.78, 5) is 23.2. The fourth-order valence-electron chi connectivity index (χ4n) is 1.68. The maximum atomic E-state index is 13.7. The lowest BCUT2D eigenvalue weighted by molar-refractivity contribution is 0.0698. The van der Waals surface area contributed by atoms with Crippen LogP contribution in [0.1, 0.15) is 20.7 Å². The predicted molar refractivity (Wildman–Crippen MR) is 83.2 cm³/mol. The van der Waals surface area contributed by atoms with Gasteiger partial charge in [0.1, 0.15) is 5.82 Å². The molecule has 0 heterocycles. The molecule has 2 aromatic carbocycles. The number of carboxylic acids is 1. The van der Waals surface area contributed by atoms with Gasteiger partial charge in [-0.2, -0.15) is 0 Å². The van der Waals surface area contributed by atoms with Gasteiger partial charge < -0.3 is 10.4 Å². The lowest BCUT2D eigenvalue weighted by Crippen LogP contribution is -2.16. The molecule has 7 heteroatoms. The van der Waals surface area contributed by atoms with E-state index in [-0.39, 0.29) is 16.8 Å². The van der Waals surface area contributed by atoms with E-state index >= 15 is 0 Å². The highest BCUT2D eigenvalue weighted by Crippen LogP contribution is 2.27. The van der Waals surface area contributed by atoms with E-state index in [9.17, 15) is 14.0 Å². The Morgan fingerprint density at radius 1 is 1.10 bits per heavy atom. The molecule has 1 amide bonds. The number of aromatic carboxylic acids is 1. The van der Waals surface area contributed by atoms with Crippen LogP contribution in [0.25, 0.3) is 0 Å². The van der Waals surface area contributed by atoms with Gasteiger partial charge in [0.2, 0.25) is 0 Å². The molecule has 0 bridgehead atoms. The molecule has 4 nitrogen and oxygen atoms in total. The first kappa shape index (κ1) is 15.7. The first-order valence-electron chi connectivity index (χ1n) is 5.68. The Morgan fingerprint density at radius 2 is 1.81 bits per heavy atom. The van der Waals surface area contributed by atoms with Gasteiger partial charge in [0, 0.05) is 8.95 Å². The minimum atomic E-state index is -1.19. The number of hydrogen-bond acceptors (Lipinski definition) is 2. The van der Waals surface area contributed by atoms with Gasteiger partial charge in [0.15, 0.2) is 0 Å². The molecule has 0 aliphatic carbocycles. The third kappa shape index (κ3) is 3.48. The summed E-state index contributed by atoms with van der Waals surface area (Å²) in [5, 5.41) is 11.5. The van der Waals surface area contributed by atoms with Gasteiger partial charge in [-0.3, -0.25) is 4.79 Å².